The second-order valence-electron chi connectivity index (χ2n) is 12.0. The summed E-state index contributed by atoms with van der Waals surface area (Å²) >= 11 is 0. The Morgan fingerprint density at radius 1 is 0.821 bits per heavy atom. The van der Waals surface area contributed by atoms with E-state index in [1.54, 1.807) is 34.6 Å². The van der Waals surface area contributed by atoms with Crippen LogP contribution >= 0.6 is 0 Å². The normalized spacial score (nSPS) is 16.8. The van der Waals surface area contributed by atoms with Crippen LogP contribution in [0.4, 0.5) is 39.5 Å². The van der Waals surface area contributed by atoms with Crippen molar-refractivity contribution in [3.05, 3.63) is 12.2 Å². The van der Waals surface area contributed by atoms with Crippen LogP contribution in [-0.2, 0) is 13.6 Å². The summed E-state index contributed by atoms with van der Waals surface area (Å²) in [4.78, 5) is 11.2. The molecule has 1 N–H and O–H groups in total. The average molecular weight is 621 g/mol. The van der Waals surface area contributed by atoms with Gasteiger partial charge < -0.3 is 14.0 Å². The van der Waals surface area contributed by atoms with Gasteiger partial charge in [0.1, 0.15) is 0 Å². The summed E-state index contributed by atoms with van der Waals surface area (Å²) in [6.45, 7) is 17.4. The van der Waals surface area contributed by atoms with E-state index < -0.39 is 82.3 Å². The second-order valence-corrected chi connectivity index (χ2v) is 21.7. The van der Waals surface area contributed by atoms with Gasteiger partial charge >= 0.3 is 29.9 Å². The van der Waals surface area contributed by atoms with Gasteiger partial charge in [0.2, 0.25) is 0 Å². The van der Waals surface area contributed by atoms with Crippen molar-refractivity contribution in [2.45, 2.75) is 133 Å². The van der Waals surface area contributed by atoms with Gasteiger partial charge in [-0.25, -0.2) is 4.79 Å². The van der Waals surface area contributed by atoms with E-state index in [1.165, 1.54) is 0 Å². The van der Waals surface area contributed by atoms with Crippen molar-refractivity contribution < 1.29 is 58.3 Å². The Balaban J connectivity index is 6.54. The molecule has 0 unspecified atom stereocenters. The molecule has 0 aliphatic rings. The van der Waals surface area contributed by atoms with Crippen molar-refractivity contribution in [1.82, 2.24) is 0 Å². The number of alkyl halides is 9. The minimum absolute atomic E-state index is 0.287. The minimum atomic E-state index is -6.97. The highest BCUT2D eigenvalue weighted by Crippen LogP contribution is 2.55. The molecule has 0 aromatic heterocycles. The molecule has 15 heteroatoms. The molecule has 0 amide bonds. The fraction of sp³-hybridized carbons (Fsp3) is 0.875. The molecule has 0 heterocycles. The summed E-state index contributed by atoms with van der Waals surface area (Å²) in [7, 11) is -6.20. The molecule has 39 heavy (non-hydrogen) atoms. The SMILES string of the molecule is CC(C)[Si](CCC(F)(F)C(F)(F)C(F)(F)C(F)(F)F)(O[C@@H](/C=C/C(=O)O)[C@H](C)O[Si](C)(C)C(C)(C)C)C(C)C. The van der Waals surface area contributed by atoms with Crippen molar-refractivity contribution >= 4 is 22.6 Å². The molecule has 0 rings (SSSR count). The molecule has 0 bridgehead atoms. The van der Waals surface area contributed by atoms with Crippen molar-refractivity contribution in [2.75, 3.05) is 0 Å². The quantitative estimate of drug-likeness (QED) is 0.120. The van der Waals surface area contributed by atoms with Gasteiger partial charge in [0.15, 0.2) is 16.6 Å². The maximum absolute atomic E-state index is 14.5. The fourth-order valence-electron chi connectivity index (χ4n) is 3.92. The van der Waals surface area contributed by atoms with E-state index in [0.717, 1.165) is 12.2 Å². The first-order chi connectivity index (χ1) is 17.0. The maximum Gasteiger partial charge on any atom is 0.460 e. The zero-order valence-corrected chi connectivity index (χ0v) is 26.0. The highest BCUT2D eigenvalue weighted by Gasteiger charge is 2.81. The number of carboxylic acid groups (broad SMARTS) is 1. The van der Waals surface area contributed by atoms with Crippen LogP contribution in [0.1, 0.15) is 61.8 Å². The van der Waals surface area contributed by atoms with Crippen LogP contribution in [0.3, 0.4) is 0 Å². The highest BCUT2D eigenvalue weighted by molar-refractivity contribution is 6.76. The van der Waals surface area contributed by atoms with Crippen molar-refractivity contribution in [1.29, 1.82) is 0 Å². The lowest BCUT2D eigenvalue weighted by atomic mass is 10.0. The van der Waals surface area contributed by atoms with Crippen LogP contribution in [0, 0.1) is 0 Å². The topological polar surface area (TPSA) is 55.8 Å². The van der Waals surface area contributed by atoms with Crippen LogP contribution in [-0.4, -0.2) is 63.9 Å². The Labute approximate surface area is 226 Å². The minimum Gasteiger partial charge on any atom is -0.478 e. The van der Waals surface area contributed by atoms with E-state index in [1.807, 2.05) is 33.9 Å². The molecule has 0 saturated heterocycles. The predicted octanol–water partition coefficient (Wildman–Crippen LogP) is 9.05. The number of halogens is 9. The Hall–Kier alpha value is -1.07. The Morgan fingerprint density at radius 3 is 1.59 bits per heavy atom. The van der Waals surface area contributed by atoms with E-state index in [2.05, 4.69) is 0 Å². The van der Waals surface area contributed by atoms with Gasteiger partial charge in [-0.15, -0.1) is 0 Å². The Kier molecular flexibility index (Phi) is 12.1. The third-order valence-electron chi connectivity index (χ3n) is 7.53. The second kappa shape index (κ2) is 12.4. The third kappa shape index (κ3) is 8.47. The molecule has 0 fully saturated rings. The molecule has 0 spiro atoms. The molecule has 0 aliphatic heterocycles. The summed E-state index contributed by atoms with van der Waals surface area (Å²) < 4.78 is 134. The van der Waals surface area contributed by atoms with Gasteiger partial charge in [0.05, 0.1) is 12.2 Å². The molecule has 0 aromatic rings. The first kappa shape index (κ1) is 37.9. The Morgan fingerprint density at radius 2 is 1.26 bits per heavy atom. The first-order valence-corrected chi connectivity index (χ1v) is 17.6. The largest absolute Gasteiger partial charge is 0.478 e. The lowest BCUT2D eigenvalue weighted by molar-refractivity contribution is -0.396. The average Bonchev–Trinajstić information content (AvgIpc) is 2.70. The lowest BCUT2D eigenvalue weighted by Crippen LogP contribution is -2.61. The molecule has 0 radical (unpaired) electrons. The number of hydrogen-bond acceptors (Lipinski definition) is 3. The van der Waals surface area contributed by atoms with E-state index in [4.69, 9.17) is 14.0 Å². The number of hydrogen-bond donors (Lipinski definition) is 1. The molecule has 0 aliphatic carbocycles. The van der Waals surface area contributed by atoms with Gasteiger partial charge in [0, 0.05) is 12.5 Å². The van der Waals surface area contributed by atoms with E-state index in [9.17, 15) is 44.3 Å². The third-order valence-corrected chi connectivity index (χ3v) is 17.8. The van der Waals surface area contributed by atoms with Crippen LogP contribution in [0.25, 0.3) is 0 Å². The van der Waals surface area contributed by atoms with Crippen LogP contribution in [0.5, 0.6) is 0 Å². The van der Waals surface area contributed by atoms with Gasteiger partial charge in [-0.3, -0.25) is 0 Å². The summed E-state index contributed by atoms with van der Waals surface area (Å²) in [5.41, 5.74) is -1.21. The van der Waals surface area contributed by atoms with Gasteiger partial charge in [0.25, 0.3) is 0 Å². The molecule has 0 saturated carbocycles. The van der Waals surface area contributed by atoms with E-state index in [0.29, 0.717) is 0 Å². The lowest BCUT2D eigenvalue weighted by Gasteiger charge is -2.45. The summed E-state index contributed by atoms with van der Waals surface area (Å²) in [5.74, 6) is -20.8. The maximum atomic E-state index is 14.5. The van der Waals surface area contributed by atoms with E-state index in [-0.39, 0.29) is 5.04 Å². The zero-order chi connectivity index (χ0) is 31.6. The number of aliphatic carboxylic acids is 1. The molecule has 0 aromatic carbocycles. The Bertz CT molecular complexity index is 844. The smallest absolute Gasteiger partial charge is 0.460 e. The summed E-state index contributed by atoms with van der Waals surface area (Å²) in [6, 6.07) is -0.900. The molecule has 2 atom stereocenters. The molecule has 232 valence electrons. The molecular weight excluding hydrogens is 579 g/mol. The predicted molar refractivity (Wildman–Crippen MR) is 136 cm³/mol. The van der Waals surface area contributed by atoms with Crippen LogP contribution in [0.15, 0.2) is 12.2 Å². The zero-order valence-electron chi connectivity index (χ0n) is 24.0. The number of carboxylic acids is 1. The van der Waals surface area contributed by atoms with Crippen molar-refractivity contribution in [3.63, 3.8) is 0 Å². The standard InChI is InChI=1S/C24H41F9O4Si2/c1-15(2)39(16(3)4,14-13-21(25,26)22(27,28)23(29,30)24(31,32)33)37-18(11-12-19(34)35)17(5)36-38(9,10)20(6,7)8/h11-12,15-18H,13-14H2,1-10H3,(H,34,35)/b12-11+/t17-,18-/m0/s1. The van der Waals surface area contributed by atoms with Gasteiger partial charge in [-0.05, 0) is 48.3 Å². The van der Waals surface area contributed by atoms with Crippen molar-refractivity contribution in [2.24, 2.45) is 0 Å². The van der Waals surface area contributed by atoms with Crippen LogP contribution in [0.2, 0.25) is 35.3 Å². The van der Waals surface area contributed by atoms with Gasteiger partial charge in [-0.2, -0.15) is 39.5 Å². The van der Waals surface area contributed by atoms with Crippen LogP contribution < -0.4 is 0 Å². The summed E-state index contributed by atoms with van der Waals surface area (Å²) in [5, 5.41) is 8.87. The summed E-state index contributed by atoms with van der Waals surface area (Å²) in [6.07, 6.45) is -9.00. The molecule has 4 nitrogen and oxygen atoms in total. The van der Waals surface area contributed by atoms with E-state index >= 15 is 0 Å². The van der Waals surface area contributed by atoms with Gasteiger partial charge in [-0.1, -0.05) is 48.5 Å². The number of rotatable bonds is 14. The highest BCUT2D eigenvalue weighted by atomic mass is 28.4. The number of carbonyl (C=O) groups is 1. The van der Waals surface area contributed by atoms with Crippen molar-refractivity contribution in [3.8, 4) is 0 Å². The monoisotopic (exact) mass is 620 g/mol. The molecular formula is C24H41F9O4Si2. The first-order valence-electron chi connectivity index (χ1n) is 12.5. The fourth-order valence-corrected chi connectivity index (χ4v) is 9.97.